The Kier molecular flexibility index (Phi) is 7.36. The molecule has 166 valence electrons. The monoisotopic (exact) mass is 430 g/mol. The lowest BCUT2D eigenvalue weighted by Crippen LogP contribution is -2.89. The highest BCUT2D eigenvalue weighted by atomic mass is 35.5. The number of piperidine rings is 1. The van der Waals surface area contributed by atoms with E-state index in [0.29, 0.717) is 36.2 Å². The minimum Gasteiger partial charge on any atom is -0.468 e. The van der Waals surface area contributed by atoms with E-state index in [9.17, 15) is 9.18 Å². The second-order valence-electron chi connectivity index (χ2n) is 9.89. The van der Waals surface area contributed by atoms with Crippen molar-refractivity contribution in [2.75, 3.05) is 33.4 Å². The van der Waals surface area contributed by atoms with Gasteiger partial charge in [-0.3, -0.25) is 9.69 Å². The van der Waals surface area contributed by atoms with Crippen LogP contribution in [-0.4, -0.2) is 78.9 Å². The number of hydrogen-bond donors (Lipinski definition) is 1. The second-order valence-corrected chi connectivity index (χ2v) is 10.5. The number of carbonyl (C=O) groups is 1. The number of nitrogens with two attached hydrogens (primary N) is 1. The van der Waals surface area contributed by atoms with Crippen molar-refractivity contribution < 1.29 is 19.2 Å². The van der Waals surface area contributed by atoms with Crippen LogP contribution in [0.3, 0.4) is 0 Å². The van der Waals surface area contributed by atoms with Crippen LogP contribution in [0.4, 0.5) is 4.39 Å². The molecule has 0 amide bonds. The van der Waals surface area contributed by atoms with E-state index < -0.39 is 6.17 Å². The maximum absolute atomic E-state index is 13.6. The fourth-order valence-corrected chi connectivity index (χ4v) is 6.43. The highest BCUT2D eigenvalue weighted by Crippen LogP contribution is 2.32. The van der Waals surface area contributed by atoms with Gasteiger partial charge in [-0.25, -0.2) is 9.29 Å². The summed E-state index contributed by atoms with van der Waals surface area (Å²) in [5, 5.41) is 2.80. The maximum Gasteiger partial charge on any atom is 0.323 e. The van der Waals surface area contributed by atoms with E-state index in [1.165, 1.54) is 20.0 Å². The number of esters is 1. The Balaban J connectivity index is 1.39. The van der Waals surface area contributed by atoms with E-state index in [1.807, 2.05) is 0 Å². The fourth-order valence-electron chi connectivity index (χ4n) is 6.18. The van der Waals surface area contributed by atoms with Gasteiger partial charge >= 0.3 is 5.97 Å². The van der Waals surface area contributed by atoms with Gasteiger partial charge in [0.2, 0.25) is 0 Å². The summed E-state index contributed by atoms with van der Waals surface area (Å²) in [5.41, 5.74) is 0. The summed E-state index contributed by atoms with van der Waals surface area (Å²) in [6.45, 7) is 4.03. The predicted molar refractivity (Wildman–Crippen MR) is 112 cm³/mol. The van der Waals surface area contributed by atoms with E-state index in [-0.39, 0.29) is 12.0 Å². The lowest BCUT2D eigenvalue weighted by atomic mass is 9.85. The Labute approximate surface area is 179 Å². The zero-order valence-corrected chi connectivity index (χ0v) is 18.5. The van der Waals surface area contributed by atoms with Crippen LogP contribution in [0.1, 0.15) is 57.8 Å². The lowest BCUT2D eigenvalue weighted by Gasteiger charge is -2.42. The summed E-state index contributed by atoms with van der Waals surface area (Å²) < 4.78 is 18.7. The number of rotatable bonds is 5. The van der Waals surface area contributed by atoms with E-state index in [0.717, 1.165) is 64.3 Å². The molecule has 2 aliphatic carbocycles. The topological polar surface area (TPSA) is 49.4 Å². The summed E-state index contributed by atoms with van der Waals surface area (Å²) in [5.74, 6) is 1.15. The number of ether oxygens (including phenoxy) is 1. The van der Waals surface area contributed by atoms with Crippen LogP contribution in [0.2, 0.25) is 0 Å². The molecule has 0 aromatic carbocycles. The van der Waals surface area contributed by atoms with Gasteiger partial charge in [0.1, 0.15) is 24.9 Å². The SMILES string of the molecule is COC(=O)C1CC2[NH2+]CN(CC3CCC(Cl)CC3)C2CN1CC1CCC(F)CC1. The third-order valence-corrected chi connectivity index (χ3v) is 8.41. The van der Waals surface area contributed by atoms with Crippen molar-refractivity contribution in [3.05, 3.63) is 0 Å². The van der Waals surface area contributed by atoms with Crippen molar-refractivity contribution in [1.29, 1.82) is 0 Å². The molecule has 2 saturated carbocycles. The number of hydrogen-bond acceptors (Lipinski definition) is 4. The van der Waals surface area contributed by atoms with Crippen molar-refractivity contribution in [3.63, 3.8) is 0 Å². The van der Waals surface area contributed by atoms with Gasteiger partial charge in [0.05, 0.1) is 13.2 Å². The number of methoxy groups -OCH3 is 1. The third kappa shape index (κ3) is 5.25. The molecule has 0 aromatic heterocycles. The molecule has 3 atom stereocenters. The van der Waals surface area contributed by atoms with Gasteiger partial charge in [0, 0.05) is 31.4 Å². The van der Waals surface area contributed by atoms with Crippen molar-refractivity contribution in [2.24, 2.45) is 11.8 Å². The zero-order valence-electron chi connectivity index (χ0n) is 17.8. The maximum atomic E-state index is 13.6. The van der Waals surface area contributed by atoms with Crippen LogP contribution in [0, 0.1) is 11.8 Å². The highest BCUT2D eigenvalue weighted by Gasteiger charge is 2.48. The number of quaternary nitrogens is 1. The Morgan fingerprint density at radius 2 is 1.66 bits per heavy atom. The first-order valence-corrected chi connectivity index (χ1v) is 12.1. The van der Waals surface area contributed by atoms with Gasteiger partial charge in [0.15, 0.2) is 0 Å². The molecule has 0 radical (unpaired) electrons. The third-order valence-electron chi connectivity index (χ3n) is 7.97. The molecule has 2 saturated heterocycles. The molecule has 0 spiro atoms. The molecule has 2 aliphatic heterocycles. The van der Waals surface area contributed by atoms with Crippen molar-refractivity contribution in [3.8, 4) is 0 Å². The van der Waals surface area contributed by atoms with Gasteiger partial charge < -0.3 is 10.1 Å². The molecule has 4 aliphatic rings. The van der Waals surface area contributed by atoms with Crippen LogP contribution in [-0.2, 0) is 9.53 Å². The molecular weight excluding hydrogens is 393 g/mol. The normalized spacial score (nSPS) is 41.8. The lowest BCUT2D eigenvalue weighted by molar-refractivity contribution is -0.678. The Morgan fingerprint density at radius 3 is 2.31 bits per heavy atom. The molecule has 29 heavy (non-hydrogen) atoms. The smallest absolute Gasteiger partial charge is 0.323 e. The largest absolute Gasteiger partial charge is 0.468 e. The van der Waals surface area contributed by atoms with Gasteiger partial charge in [0.25, 0.3) is 0 Å². The first kappa shape index (κ1) is 21.8. The number of likely N-dealkylation sites (tertiary alicyclic amines) is 1. The van der Waals surface area contributed by atoms with Crippen LogP contribution in [0.5, 0.6) is 0 Å². The molecule has 0 bridgehead atoms. The molecule has 4 fully saturated rings. The van der Waals surface area contributed by atoms with Crippen molar-refractivity contribution >= 4 is 17.6 Å². The molecule has 3 unspecified atom stereocenters. The molecule has 5 nitrogen and oxygen atoms in total. The standard InChI is InChI=1S/C22H37ClFN3O2/c1-29-22(28)20-10-19-21(13-26(20)11-16-4-8-18(24)9-5-16)27(14-25-19)12-15-2-6-17(23)7-3-15/h15-21,25H,2-14H2,1H3/p+1. The zero-order chi connectivity index (χ0) is 20.4. The summed E-state index contributed by atoms with van der Waals surface area (Å²) >= 11 is 6.30. The second kappa shape index (κ2) is 9.80. The molecule has 0 aromatic rings. The average Bonchev–Trinajstić information content (AvgIpc) is 3.12. The van der Waals surface area contributed by atoms with E-state index in [1.54, 1.807) is 0 Å². The first-order valence-electron chi connectivity index (χ1n) is 11.7. The molecule has 2 N–H and O–H groups in total. The summed E-state index contributed by atoms with van der Waals surface area (Å²) in [6, 6.07) is 0.829. The Bertz CT molecular complexity index is 552. The quantitative estimate of drug-likeness (QED) is 0.536. The van der Waals surface area contributed by atoms with Crippen LogP contribution < -0.4 is 5.32 Å². The minimum absolute atomic E-state index is 0.102. The summed E-state index contributed by atoms with van der Waals surface area (Å²) in [6.07, 6.45) is 8.24. The molecule has 4 rings (SSSR count). The number of nitrogens with zero attached hydrogens (tertiary/aromatic N) is 2. The molecule has 2 heterocycles. The van der Waals surface area contributed by atoms with Crippen LogP contribution >= 0.6 is 11.6 Å². The highest BCUT2D eigenvalue weighted by molar-refractivity contribution is 6.20. The first-order chi connectivity index (χ1) is 14.0. The van der Waals surface area contributed by atoms with Crippen molar-refractivity contribution in [1.82, 2.24) is 9.80 Å². The van der Waals surface area contributed by atoms with Gasteiger partial charge in [-0.05, 0) is 63.2 Å². The number of fused-ring (bicyclic) bond motifs is 1. The number of carbonyl (C=O) groups excluding carboxylic acids is 1. The van der Waals surface area contributed by atoms with Crippen molar-refractivity contribution in [2.45, 2.75) is 87.5 Å². The van der Waals surface area contributed by atoms with Gasteiger partial charge in [-0.15, -0.1) is 11.6 Å². The average molecular weight is 431 g/mol. The van der Waals surface area contributed by atoms with Gasteiger partial charge in [-0.1, -0.05) is 0 Å². The van der Waals surface area contributed by atoms with E-state index >= 15 is 0 Å². The Morgan fingerprint density at radius 1 is 1.03 bits per heavy atom. The summed E-state index contributed by atoms with van der Waals surface area (Å²) in [7, 11) is 1.50. The molecule has 7 heteroatoms. The Hall–Kier alpha value is -0.430. The predicted octanol–water partition coefficient (Wildman–Crippen LogP) is 2.13. The van der Waals surface area contributed by atoms with E-state index in [2.05, 4.69) is 15.1 Å². The molecular formula is C22H38ClFN3O2+. The summed E-state index contributed by atoms with van der Waals surface area (Å²) in [4.78, 5) is 17.6. The van der Waals surface area contributed by atoms with E-state index in [4.69, 9.17) is 16.3 Å². The number of halogens is 2. The minimum atomic E-state index is -0.628. The van der Waals surface area contributed by atoms with Crippen LogP contribution in [0.15, 0.2) is 0 Å². The van der Waals surface area contributed by atoms with Gasteiger partial charge in [-0.2, -0.15) is 0 Å². The number of alkyl halides is 2. The van der Waals surface area contributed by atoms with Crippen LogP contribution in [0.25, 0.3) is 0 Å². The fraction of sp³-hybridized carbons (Fsp3) is 0.955.